The second-order valence-corrected chi connectivity index (χ2v) is 5.91. The molecule has 24 heavy (non-hydrogen) atoms. The molecule has 3 nitrogen and oxygen atoms in total. The summed E-state index contributed by atoms with van der Waals surface area (Å²) >= 11 is 0. The van der Waals surface area contributed by atoms with E-state index >= 15 is 0 Å². The molecule has 0 heterocycles. The molecule has 0 saturated heterocycles. The van der Waals surface area contributed by atoms with Crippen LogP contribution in [0.1, 0.15) is 18.4 Å². The van der Waals surface area contributed by atoms with Gasteiger partial charge in [0.05, 0.1) is 0 Å². The fraction of sp³-hybridized carbons (Fsp3) is 0.190. The van der Waals surface area contributed by atoms with E-state index in [4.69, 9.17) is 4.74 Å². The van der Waals surface area contributed by atoms with Crippen molar-refractivity contribution >= 4 is 16.7 Å². The van der Waals surface area contributed by atoms with Crippen LogP contribution in [0.4, 0.5) is 0 Å². The van der Waals surface area contributed by atoms with Crippen molar-refractivity contribution in [1.29, 1.82) is 0 Å². The zero-order valence-electron chi connectivity index (χ0n) is 13.7. The van der Waals surface area contributed by atoms with Crippen molar-refractivity contribution in [2.45, 2.75) is 12.8 Å². The monoisotopic (exact) mass is 319 g/mol. The van der Waals surface area contributed by atoms with Crippen molar-refractivity contribution in [2.75, 3.05) is 13.2 Å². The van der Waals surface area contributed by atoms with Crippen LogP contribution in [0.15, 0.2) is 72.8 Å². The van der Waals surface area contributed by atoms with Crippen LogP contribution in [0.25, 0.3) is 10.8 Å². The maximum Gasteiger partial charge on any atom is 0.257 e. The van der Waals surface area contributed by atoms with Gasteiger partial charge in [0, 0.05) is 6.54 Å². The van der Waals surface area contributed by atoms with Gasteiger partial charge in [-0.2, -0.15) is 0 Å². The molecule has 0 spiro atoms. The van der Waals surface area contributed by atoms with Gasteiger partial charge in [-0.15, -0.1) is 0 Å². The minimum atomic E-state index is -0.106. The summed E-state index contributed by atoms with van der Waals surface area (Å²) in [5.74, 6) is 0.877. The average molecular weight is 319 g/mol. The topological polar surface area (TPSA) is 38.3 Å². The summed E-state index contributed by atoms with van der Waals surface area (Å²) in [4.78, 5) is 12.0. The van der Waals surface area contributed by atoms with Gasteiger partial charge in [-0.1, -0.05) is 67.6 Å². The first-order valence-electron chi connectivity index (χ1n) is 8.15. The van der Waals surface area contributed by atoms with Crippen LogP contribution in [0.5, 0.6) is 5.75 Å². The smallest absolute Gasteiger partial charge is 0.257 e. The summed E-state index contributed by atoms with van der Waals surface area (Å²) in [6, 6.07) is 24.1. The second-order valence-electron chi connectivity index (χ2n) is 5.91. The molecule has 122 valence electrons. The second kappa shape index (κ2) is 7.64. The Labute approximate surface area is 142 Å². The summed E-state index contributed by atoms with van der Waals surface area (Å²) in [5.41, 5.74) is 1.22. The zero-order chi connectivity index (χ0) is 16.8. The minimum absolute atomic E-state index is 0.0276. The highest BCUT2D eigenvalue weighted by Crippen LogP contribution is 2.20. The van der Waals surface area contributed by atoms with Crippen LogP contribution < -0.4 is 10.1 Å². The van der Waals surface area contributed by atoms with Crippen LogP contribution in [0, 0.1) is 0 Å². The number of hydrogen-bond acceptors (Lipinski definition) is 2. The van der Waals surface area contributed by atoms with Crippen LogP contribution in [-0.2, 0) is 4.79 Å². The molecule has 3 rings (SSSR count). The summed E-state index contributed by atoms with van der Waals surface area (Å²) in [6.07, 6.45) is 0. The quantitative estimate of drug-likeness (QED) is 0.741. The Morgan fingerprint density at radius 1 is 0.958 bits per heavy atom. The van der Waals surface area contributed by atoms with Gasteiger partial charge < -0.3 is 10.1 Å². The maximum absolute atomic E-state index is 12.0. The van der Waals surface area contributed by atoms with E-state index in [-0.39, 0.29) is 18.4 Å². The van der Waals surface area contributed by atoms with Gasteiger partial charge in [0.25, 0.3) is 5.91 Å². The predicted molar refractivity (Wildman–Crippen MR) is 97.3 cm³/mol. The summed E-state index contributed by atoms with van der Waals surface area (Å²) in [6.45, 7) is 2.73. The third-order valence-electron chi connectivity index (χ3n) is 4.06. The van der Waals surface area contributed by atoms with E-state index in [1.807, 2.05) is 54.6 Å². The molecule has 0 radical (unpaired) electrons. The summed E-state index contributed by atoms with van der Waals surface area (Å²) < 4.78 is 5.60. The van der Waals surface area contributed by atoms with Crippen LogP contribution in [0.2, 0.25) is 0 Å². The normalized spacial score (nSPS) is 11.9. The molecule has 1 unspecified atom stereocenters. The van der Waals surface area contributed by atoms with E-state index in [1.165, 1.54) is 5.56 Å². The van der Waals surface area contributed by atoms with Crippen molar-refractivity contribution < 1.29 is 9.53 Å². The Bertz CT molecular complexity index is 814. The minimum Gasteiger partial charge on any atom is -0.484 e. The third-order valence-corrected chi connectivity index (χ3v) is 4.06. The van der Waals surface area contributed by atoms with Crippen molar-refractivity contribution in [1.82, 2.24) is 5.32 Å². The number of rotatable bonds is 6. The first-order chi connectivity index (χ1) is 11.7. The number of nitrogens with one attached hydrogen (secondary N) is 1. The first kappa shape index (κ1) is 16.1. The standard InChI is InChI=1S/C21H21NO2/c1-16(17-7-3-2-4-8-17)14-22-21(23)15-24-20-12-11-18-9-5-6-10-19(18)13-20/h2-13,16H,14-15H2,1H3,(H,22,23). The Morgan fingerprint density at radius 3 is 2.46 bits per heavy atom. The number of amides is 1. The number of fused-ring (bicyclic) bond motifs is 1. The van der Waals surface area contributed by atoms with Gasteiger partial charge >= 0.3 is 0 Å². The lowest BCUT2D eigenvalue weighted by Crippen LogP contribution is -2.31. The van der Waals surface area contributed by atoms with Crippen molar-refractivity contribution in [3.05, 3.63) is 78.4 Å². The van der Waals surface area contributed by atoms with Crippen molar-refractivity contribution in [3.8, 4) is 5.75 Å². The molecule has 3 heteroatoms. The molecule has 0 aromatic heterocycles. The molecule has 0 bridgehead atoms. The molecule has 0 saturated carbocycles. The number of ether oxygens (including phenoxy) is 1. The fourth-order valence-corrected chi connectivity index (χ4v) is 2.62. The van der Waals surface area contributed by atoms with Crippen molar-refractivity contribution in [3.63, 3.8) is 0 Å². The molecule has 0 aliphatic heterocycles. The van der Waals surface area contributed by atoms with E-state index in [9.17, 15) is 4.79 Å². The van der Waals surface area contributed by atoms with Crippen LogP contribution in [0.3, 0.4) is 0 Å². The first-order valence-corrected chi connectivity index (χ1v) is 8.15. The number of benzene rings is 3. The van der Waals surface area contributed by atoms with Gasteiger partial charge in [-0.3, -0.25) is 4.79 Å². The van der Waals surface area contributed by atoms with E-state index < -0.39 is 0 Å². The molecule has 1 N–H and O–H groups in total. The average Bonchev–Trinajstić information content (AvgIpc) is 2.65. The highest BCUT2D eigenvalue weighted by atomic mass is 16.5. The fourth-order valence-electron chi connectivity index (χ4n) is 2.62. The number of hydrogen-bond donors (Lipinski definition) is 1. The Balaban J connectivity index is 1.49. The molecule has 1 amide bonds. The molecule has 3 aromatic rings. The lowest BCUT2D eigenvalue weighted by Gasteiger charge is -2.13. The van der Waals surface area contributed by atoms with E-state index in [1.54, 1.807) is 0 Å². The Morgan fingerprint density at radius 2 is 1.67 bits per heavy atom. The molecule has 3 aromatic carbocycles. The van der Waals surface area contributed by atoms with Gasteiger partial charge in [-0.25, -0.2) is 0 Å². The molecule has 0 aliphatic rings. The lowest BCUT2D eigenvalue weighted by molar-refractivity contribution is -0.123. The zero-order valence-corrected chi connectivity index (χ0v) is 13.7. The molecule has 1 atom stereocenters. The summed E-state index contributed by atoms with van der Waals surface area (Å²) in [5, 5.41) is 5.19. The van der Waals surface area contributed by atoms with Gasteiger partial charge in [0.2, 0.25) is 0 Å². The largest absolute Gasteiger partial charge is 0.484 e. The highest BCUT2D eigenvalue weighted by molar-refractivity contribution is 5.84. The molecule has 0 fully saturated rings. The van der Waals surface area contributed by atoms with Crippen molar-refractivity contribution in [2.24, 2.45) is 0 Å². The Kier molecular flexibility index (Phi) is 5.12. The third kappa shape index (κ3) is 4.13. The lowest BCUT2D eigenvalue weighted by atomic mass is 10.0. The SMILES string of the molecule is CC(CNC(=O)COc1ccc2ccccc2c1)c1ccccc1. The van der Waals surface area contributed by atoms with Gasteiger partial charge in [-0.05, 0) is 34.4 Å². The highest BCUT2D eigenvalue weighted by Gasteiger charge is 2.08. The number of carbonyl (C=O) groups excluding carboxylic acids is 1. The number of carbonyl (C=O) groups is 1. The van der Waals surface area contributed by atoms with E-state index in [2.05, 4.69) is 30.4 Å². The van der Waals surface area contributed by atoms with E-state index in [0.717, 1.165) is 10.8 Å². The predicted octanol–water partition coefficient (Wildman–Crippen LogP) is 4.14. The van der Waals surface area contributed by atoms with Crippen LogP contribution >= 0.6 is 0 Å². The van der Waals surface area contributed by atoms with Gasteiger partial charge in [0.1, 0.15) is 5.75 Å². The maximum atomic E-state index is 12.0. The molecular formula is C21H21NO2. The Hall–Kier alpha value is -2.81. The molecular weight excluding hydrogens is 298 g/mol. The molecule has 0 aliphatic carbocycles. The van der Waals surface area contributed by atoms with E-state index in [0.29, 0.717) is 12.3 Å². The van der Waals surface area contributed by atoms with Crippen LogP contribution in [-0.4, -0.2) is 19.1 Å². The van der Waals surface area contributed by atoms with Gasteiger partial charge in [0.15, 0.2) is 6.61 Å². The summed E-state index contributed by atoms with van der Waals surface area (Å²) in [7, 11) is 0.